The van der Waals surface area contributed by atoms with Gasteiger partial charge < -0.3 is 15.2 Å². The first kappa shape index (κ1) is 13.3. The summed E-state index contributed by atoms with van der Waals surface area (Å²) in [5.41, 5.74) is 1.06. The molecule has 1 aromatic carbocycles. The van der Waals surface area contributed by atoms with Gasteiger partial charge in [0.05, 0.1) is 13.7 Å². The first-order valence-corrected chi connectivity index (χ1v) is 5.85. The van der Waals surface area contributed by atoms with E-state index in [0.29, 0.717) is 5.02 Å². The summed E-state index contributed by atoms with van der Waals surface area (Å²) in [5.74, 6) is 0.841. The Hall–Kier alpha value is -0.770. The molecule has 3 nitrogen and oxygen atoms in total. The molecule has 0 aliphatic heterocycles. The van der Waals surface area contributed by atoms with E-state index in [1.165, 1.54) is 0 Å². The largest absolute Gasteiger partial charge is 0.496 e. The molecule has 90 valence electrons. The number of rotatable bonds is 6. The minimum absolute atomic E-state index is 0.194. The van der Waals surface area contributed by atoms with E-state index in [-0.39, 0.29) is 12.6 Å². The zero-order chi connectivity index (χ0) is 12.0. The first-order valence-electron chi connectivity index (χ1n) is 5.47. The van der Waals surface area contributed by atoms with Crippen LogP contribution in [-0.2, 0) is 6.54 Å². The van der Waals surface area contributed by atoms with Crippen molar-refractivity contribution in [1.29, 1.82) is 0 Å². The van der Waals surface area contributed by atoms with Gasteiger partial charge in [0, 0.05) is 10.6 Å². The molecular weight excluding hydrogens is 226 g/mol. The van der Waals surface area contributed by atoms with Gasteiger partial charge in [-0.2, -0.15) is 0 Å². The Morgan fingerprint density at radius 2 is 2.25 bits per heavy atom. The van der Waals surface area contributed by atoms with E-state index in [0.717, 1.165) is 24.3 Å². The van der Waals surface area contributed by atoms with Gasteiger partial charge in [-0.15, -0.1) is 0 Å². The second-order valence-corrected chi connectivity index (χ2v) is 4.18. The smallest absolute Gasteiger partial charge is 0.127 e. The van der Waals surface area contributed by atoms with Gasteiger partial charge in [-0.25, -0.2) is 0 Å². The third-order valence-corrected chi connectivity index (χ3v) is 2.91. The molecule has 0 spiro atoms. The summed E-state index contributed by atoms with van der Waals surface area (Å²) in [5, 5.41) is 11.9. The van der Waals surface area contributed by atoms with Gasteiger partial charge in [0.15, 0.2) is 0 Å². The molecule has 0 amide bonds. The number of halogens is 1. The van der Waals surface area contributed by atoms with E-state index < -0.39 is 0 Å². The fraction of sp³-hybridized carbons (Fsp3) is 0.500. The number of aliphatic hydroxyl groups is 1. The second-order valence-electron chi connectivity index (χ2n) is 3.75. The third-order valence-electron chi connectivity index (χ3n) is 2.67. The highest BCUT2D eigenvalue weighted by Crippen LogP contribution is 2.21. The SMILES string of the molecule is CC[C@H](CO)[NH2+]Cc1cc(Cl)ccc1OC. The highest BCUT2D eigenvalue weighted by atomic mass is 35.5. The predicted molar refractivity (Wildman–Crippen MR) is 64.8 cm³/mol. The summed E-state index contributed by atoms with van der Waals surface area (Å²) < 4.78 is 5.26. The quantitative estimate of drug-likeness (QED) is 0.790. The normalized spacial score (nSPS) is 12.5. The lowest BCUT2D eigenvalue weighted by Crippen LogP contribution is -2.89. The highest BCUT2D eigenvalue weighted by molar-refractivity contribution is 6.30. The molecule has 0 bridgehead atoms. The van der Waals surface area contributed by atoms with Crippen molar-refractivity contribution in [2.24, 2.45) is 0 Å². The van der Waals surface area contributed by atoms with E-state index in [1.807, 2.05) is 18.2 Å². The molecule has 16 heavy (non-hydrogen) atoms. The lowest BCUT2D eigenvalue weighted by Gasteiger charge is -2.12. The summed E-state index contributed by atoms with van der Waals surface area (Å²) in [6.07, 6.45) is 0.944. The summed E-state index contributed by atoms with van der Waals surface area (Å²) in [6.45, 7) is 3.02. The van der Waals surface area contributed by atoms with E-state index in [1.54, 1.807) is 7.11 Å². The molecule has 4 heteroatoms. The summed E-state index contributed by atoms with van der Waals surface area (Å²) >= 11 is 5.94. The van der Waals surface area contributed by atoms with Crippen molar-refractivity contribution in [1.82, 2.24) is 0 Å². The molecule has 0 aliphatic rings. The van der Waals surface area contributed by atoms with Gasteiger partial charge >= 0.3 is 0 Å². The molecule has 0 saturated heterocycles. The maximum atomic E-state index is 9.10. The van der Waals surface area contributed by atoms with Crippen LogP contribution < -0.4 is 10.1 Å². The monoisotopic (exact) mass is 244 g/mol. The van der Waals surface area contributed by atoms with Crippen LogP contribution >= 0.6 is 11.6 Å². The van der Waals surface area contributed by atoms with E-state index in [4.69, 9.17) is 21.4 Å². The van der Waals surface area contributed by atoms with Crippen LogP contribution in [0.2, 0.25) is 5.02 Å². The van der Waals surface area contributed by atoms with Crippen molar-refractivity contribution in [3.63, 3.8) is 0 Å². The van der Waals surface area contributed by atoms with Gasteiger partial charge in [0.2, 0.25) is 0 Å². The van der Waals surface area contributed by atoms with Crippen molar-refractivity contribution in [2.75, 3.05) is 13.7 Å². The number of aliphatic hydroxyl groups excluding tert-OH is 1. The molecule has 1 aromatic rings. The Labute approximate surface area is 101 Å². The minimum Gasteiger partial charge on any atom is -0.496 e. The van der Waals surface area contributed by atoms with Gasteiger partial charge in [-0.05, 0) is 24.6 Å². The van der Waals surface area contributed by atoms with E-state index >= 15 is 0 Å². The van der Waals surface area contributed by atoms with Crippen molar-refractivity contribution in [3.8, 4) is 5.75 Å². The molecule has 0 aromatic heterocycles. The number of hydrogen-bond donors (Lipinski definition) is 2. The van der Waals surface area contributed by atoms with Crippen LogP contribution in [0.3, 0.4) is 0 Å². The van der Waals surface area contributed by atoms with Crippen LogP contribution in [0.15, 0.2) is 18.2 Å². The van der Waals surface area contributed by atoms with Gasteiger partial charge in [-0.1, -0.05) is 18.5 Å². The van der Waals surface area contributed by atoms with E-state index in [2.05, 4.69) is 12.2 Å². The van der Waals surface area contributed by atoms with Crippen LogP contribution in [0, 0.1) is 0 Å². The Morgan fingerprint density at radius 3 is 2.81 bits per heavy atom. The Balaban J connectivity index is 2.68. The van der Waals surface area contributed by atoms with Gasteiger partial charge in [0.25, 0.3) is 0 Å². The molecule has 0 fully saturated rings. The molecule has 0 radical (unpaired) electrons. The molecule has 0 unspecified atom stereocenters. The Kier molecular flexibility index (Phi) is 5.60. The Morgan fingerprint density at radius 1 is 1.50 bits per heavy atom. The zero-order valence-corrected chi connectivity index (χ0v) is 10.5. The van der Waals surface area contributed by atoms with Crippen LogP contribution in [0.4, 0.5) is 0 Å². The lowest BCUT2D eigenvalue weighted by molar-refractivity contribution is -0.706. The van der Waals surface area contributed by atoms with Gasteiger partial charge in [-0.3, -0.25) is 0 Å². The summed E-state index contributed by atoms with van der Waals surface area (Å²) in [4.78, 5) is 0. The van der Waals surface area contributed by atoms with Crippen molar-refractivity contribution >= 4 is 11.6 Å². The molecule has 1 rings (SSSR count). The predicted octanol–water partition coefficient (Wildman–Crippen LogP) is 1.18. The number of quaternary nitrogens is 1. The number of nitrogens with two attached hydrogens (primary N) is 1. The van der Waals surface area contributed by atoms with E-state index in [9.17, 15) is 0 Å². The summed E-state index contributed by atoms with van der Waals surface area (Å²) in [6, 6.07) is 5.82. The maximum absolute atomic E-state index is 9.10. The van der Waals surface area contributed by atoms with Crippen LogP contribution in [0.25, 0.3) is 0 Å². The highest BCUT2D eigenvalue weighted by Gasteiger charge is 2.10. The van der Waals surface area contributed by atoms with Gasteiger partial charge in [0.1, 0.15) is 18.3 Å². The molecule has 3 N–H and O–H groups in total. The minimum atomic E-state index is 0.194. The third kappa shape index (κ3) is 3.67. The lowest BCUT2D eigenvalue weighted by atomic mass is 10.1. The number of hydrogen-bond acceptors (Lipinski definition) is 2. The van der Waals surface area contributed by atoms with Crippen LogP contribution in [-0.4, -0.2) is 24.9 Å². The average molecular weight is 245 g/mol. The second kappa shape index (κ2) is 6.74. The molecular formula is C12H19ClNO2+. The topological polar surface area (TPSA) is 46.1 Å². The zero-order valence-electron chi connectivity index (χ0n) is 9.74. The maximum Gasteiger partial charge on any atom is 0.127 e. The van der Waals surface area contributed by atoms with Crippen LogP contribution in [0.1, 0.15) is 18.9 Å². The molecule has 0 heterocycles. The van der Waals surface area contributed by atoms with Crippen molar-refractivity contribution < 1.29 is 15.2 Å². The molecule has 0 aliphatic carbocycles. The summed E-state index contributed by atoms with van der Waals surface area (Å²) in [7, 11) is 1.65. The van der Waals surface area contributed by atoms with Crippen molar-refractivity contribution in [2.45, 2.75) is 25.9 Å². The van der Waals surface area contributed by atoms with Crippen molar-refractivity contribution in [3.05, 3.63) is 28.8 Å². The first-order chi connectivity index (χ1) is 7.71. The van der Waals surface area contributed by atoms with Crippen LogP contribution in [0.5, 0.6) is 5.75 Å². The Bertz CT molecular complexity index is 327. The number of methoxy groups -OCH3 is 1. The fourth-order valence-electron chi connectivity index (χ4n) is 1.57. The molecule has 0 saturated carbocycles. The molecule has 1 atom stereocenters. The fourth-order valence-corrected chi connectivity index (χ4v) is 1.77. The number of benzene rings is 1. The average Bonchev–Trinajstić information content (AvgIpc) is 2.30. The standard InChI is InChI=1S/C12H18ClNO2/c1-3-11(8-15)14-7-9-6-10(13)4-5-12(9)16-2/h4-6,11,14-15H,3,7-8H2,1-2H3/p+1/t11-/m1/s1. The number of ether oxygens (including phenoxy) is 1.